The maximum Gasteiger partial charge on any atom is 0.147 e. The molecule has 0 fully saturated rings. The zero-order valence-corrected chi connectivity index (χ0v) is 8.76. The van der Waals surface area contributed by atoms with Crippen molar-refractivity contribution < 1.29 is 4.63 Å². The van der Waals surface area contributed by atoms with E-state index in [1.165, 1.54) is 4.90 Å². The molecule has 0 aliphatic heterocycles. The number of fused-ring (bicyclic) bond motifs is 1. The van der Waals surface area contributed by atoms with E-state index in [-0.39, 0.29) is 0 Å². The summed E-state index contributed by atoms with van der Waals surface area (Å²) < 4.78 is 4.71. The van der Waals surface area contributed by atoms with Gasteiger partial charge >= 0.3 is 0 Å². The monoisotopic (exact) mass is 196 g/mol. The maximum atomic E-state index is 4.71. The van der Waals surface area contributed by atoms with Crippen molar-refractivity contribution in [3.05, 3.63) is 18.2 Å². The first-order valence-corrected chi connectivity index (χ1v) is 6.84. The highest BCUT2D eigenvalue weighted by atomic mass is 32.3. The summed E-state index contributed by atoms with van der Waals surface area (Å²) in [6, 6.07) is 6.02. The summed E-state index contributed by atoms with van der Waals surface area (Å²) in [6.45, 7) is 0. The van der Waals surface area contributed by atoms with Gasteiger partial charge < -0.3 is 0 Å². The Morgan fingerprint density at radius 2 is 1.92 bits per heavy atom. The Kier molecular flexibility index (Phi) is 1.80. The molecule has 0 radical (unpaired) electrons. The van der Waals surface area contributed by atoms with E-state index in [0.29, 0.717) is 0 Å². The molecule has 2 rings (SSSR count). The number of rotatable bonds is 1. The quantitative estimate of drug-likeness (QED) is 0.702. The molecule has 0 saturated heterocycles. The summed E-state index contributed by atoms with van der Waals surface area (Å²) in [7, 11) is -0.762. The standard InChI is InChI=1S/C9H12N2OS/c1-13(2,3)8-6-4-5-7-9(8)11-12-10-7/h4-6H,1-3H3. The lowest BCUT2D eigenvalue weighted by molar-refractivity contribution is 0.315. The van der Waals surface area contributed by atoms with Gasteiger partial charge in [0.25, 0.3) is 0 Å². The molecule has 0 spiro atoms. The smallest absolute Gasteiger partial charge is 0.147 e. The molecule has 3 nitrogen and oxygen atoms in total. The van der Waals surface area contributed by atoms with Gasteiger partial charge in [-0.25, -0.2) is 14.7 Å². The highest BCUT2D eigenvalue weighted by molar-refractivity contribution is 8.32. The topological polar surface area (TPSA) is 38.9 Å². The number of aromatic nitrogens is 2. The number of hydrogen-bond donors (Lipinski definition) is 0. The average molecular weight is 196 g/mol. The van der Waals surface area contributed by atoms with Gasteiger partial charge in [-0.2, -0.15) is 0 Å². The molecule has 4 heteroatoms. The molecule has 0 N–H and O–H groups in total. The Morgan fingerprint density at radius 1 is 1.15 bits per heavy atom. The van der Waals surface area contributed by atoms with E-state index in [2.05, 4.69) is 35.1 Å². The fourth-order valence-electron chi connectivity index (χ4n) is 1.28. The van der Waals surface area contributed by atoms with Gasteiger partial charge in [-0.3, -0.25) is 0 Å². The third kappa shape index (κ3) is 1.42. The maximum absolute atomic E-state index is 4.71. The molecular formula is C9H12N2OS. The van der Waals surface area contributed by atoms with Crippen molar-refractivity contribution in [1.29, 1.82) is 0 Å². The van der Waals surface area contributed by atoms with Crippen LogP contribution < -0.4 is 0 Å². The first-order chi connectivity index (χ1) is 6.09. The summed E-state index contributed by atoms with van der Waals surface area (Å²) in [5.74, 6) is 0. The van der Waals surface area contributed by atoms with Crippen LogP contribution in [0.5, 0.6) is 0 Å². The molecule has 1 aromatic carbocycles. The second kappa shape index (κ2) is 2.73. The van der Waals surface area contributed by atoms with Crippen LogP contribution in [0.2, 0.25) is 0 Å². The van der Waals surface area contributed by atoms with Crippen LogP contribution in [0.4, 0.5) is 0 Å². The predicted octanol–water partition coefficient (Wildman–Crippen LogP) is 2.28. The van der Waals surface area contributed by atoms with E-state index in [1.807, 2.05) is 12.1 Å². The first kappa shape index (κ1) is 8.56. The number of benzene rings is 1. The lowest BCUT2D eigenvalue weighted by atomic mass is 10.3. The fourth-order valence-corrected chi connectivity index (χ4v) is 2.48. The van der Waals surface area contributed by atoms with E-state index in [1.54, 1.807) is 0 Å². The van der Waals surface area contributed by atoms with Crippen LogP contribution in [-0.2, 0) is 0 Å². The molecule has 0 unspecified atom stereocenters. The highest BCUT2D eigenvalue weighted by Gasteiger charge is 2.14. The van der Waals surface area contributed by atoms with E-state index in [9.17, 15) is 0 Å². The Balaban J connectivity index is 2.75. The van der Waals surface area contributed by atoms with Gasteiger partial charge in [-0.1, -0.05) is 6.07 Å². The lowest BCUT2D eigenvalue weighted by Gasteiger charge is -2.25. The van der Waals surface area contributed by atoms with Gasteiger partial charge in [0.2, 0.25) is 0 Å². The van der Waals surface area contributed by atoms with Gasteiger partial charge in [0.05, 0.1) is 0 Å². The Labute approximate surface area is 78.4 Å². The molecule has 0 amide bonds. The summed E-state index contributed by atoms with van der Waals surface area (Å²) >= 11 is 0. The van der Waals surface area contributed by atoms with Gasteiger partial charge in [-0.15, -0.1) is 0 Å². The van der Waals surface area contributed by atoms with Crippen LogP contribution in [0, 0.1) is 0 Å². The van der Waals surface area contributed by atoms with Crippen molar-refractivity contribution in [3.63, 3.8) is 0 Å². The molecule has 0 atom stereocenters. The van der Waals surface area contributed by atoms with Crippen molar-refractivity contribution in [1.82, 2.24) is 10.3 Å². The van der Waals surface area contributed by atoms with E-state index >= 15 is 0 Å². The van der Waals surface area contributed by atoms with E-state index in [4.69, 9.17) is 4.63 Å². The third-order valence-electron chi connectivity index (χ3n) is 1.91. The van der Waals surface area contributed by atoms with Crippen molar-refractivity contribution in [2.24, 2.45) is 0 Å². The summed E-state index contributed by atoms with van der Waals surface area (Å²) in [4.78, 5) is 1.26. The van der Waals surface area contributed by atoms with Crippen LogP contribution in [0.3, 0.4) is 0 Å². The van der Waals surface area contributed by atoms with Crippen molar-refractivity contribution in [2.75, 3.05) is 18.8 Å². The second-order valence-electron chi connectivity index (χ2n) is 3.73. The molecule has 13 heavy (non-hydrogen) atoms. The van der Waals surface area contributed by atoms with Gasteiger partial charge in [0.1, 0.15) is 11.0 Å². The zero-order valence-electron chi connectivity index (χ0n) is 7.94. The van der Waals surface area contributed by atoms with Crippen molar-refractivity contribution >= 4 is 21.1 Å². The van der Waals surface area contributed by atoms with Crippen molar-refractivity contribution in [2.45, 2.75) is 4.90 Å². The molecule has 0 bridgehead atoms. The molecule has 0 saturated carbocycles. The normalized spacial score (nSPS) is 13.5. The average Bonchev–Trinajstić information content (AvgIpc) is 2.48. The van der Waals surface area contributed by atoms with Gasteiger partial charge in [0, 0.05) is 4.90 Å². The molecule has 0 aliphatic rings. The van der Waals surface area contributed by atoms with Crippen LogP contribution in [0.15, 0.2) is 27.7 Å². The largest absolute Gasteiger partial charge is 0.243 e. The second-order valence-corrected chi connectivity index (χ2v) is 7.84. The molecule has 1 aromatic heterocycles. The van der Waals surface area contributed by atoms with Crippen LogP contribution in [-0.4, -0.2) is 29.1 Å². The third-order valence-corrected chi connectivity index (χ3v) is 3.56. The van der Waals surface area contributed by atoms with E-state index in [0.717, 1.165) is 11.0 Å². The number of nitrogens with zero attached hydrogens (tertiary/aromatic N) is 2. The molecule has 2 aromatic rings. The minimum Gasteiger partial charge on any atom is -0.243 e. The Hall–Kier alpha value is -1.03. The van der Waals surface area contributed by atoms with Gasteiger partial charge in [-0.05, 0) is 41.2 Å². The predicted molar refractivity (Wildman–Crippen MR) is 55.4 cm³/mol. The van der Waals surface area contributed by atoms with Crippen LogP contribution in [0.1, 0.15) is 0 Å². The van der Waals surface area contributed by atoms with Crippen LogP contribution in [0.25, 0.3) is 11.0 Å². The van der Waals surface area contributed by atoms with Crippen LogP contribution >= 0.6 is 10.0 Å². The molecular weight excluding hydrogens is 184 g/mol. The highest BCUT2D eigenvalue weighted by Crippen LogP contribution is 2.47. The minimum atomic E-state index is -0.762. The number of hydrogen-bond acceptors (Lipinski definition) is 3. The van der Waals surface area contributed by atoms with E-state index < -0.39 is 10.0 Å². The summed E-state index contributed by atoms with van der Waals surface area (Å²) in [5.41, 5.74) is 1.75. The summed E-state index contributed by atoms with van der Waals surface area (Å²) in [6.07, 6.45) is 6.70. The lowest BCUT2D eigenvalue weighted by Crippen LogP contribution is -1.93. The van der Waals surface area contributed by atoms with Gasteiger partial charge in [0.15, 0.2) is 0 Å². The Bertz CT molecular complexity index is 430. The van der Waals surface area contributed by atoms with Crippen molar-refractivity contribution in [3.8, 4) is 0 Å². The molecule has 70 valence electrons. The zero-order chi connectivity index (χ0) is 9.47. The fraction of sp³-hybridized carbons (Fsp3) is 0.333. The SMILES string of the molecule is CS(C)(C)c1cccc2nonc12. The molecule has 1 heterocycles. The Morgan fingerprint density at radius 3 is 2.62 bits per heavy atom. The summed E-state index contributed by atoms with van der Waals surface area (Å²) in [5, 5.41) is 7.74. The first-order valence-electron chi connectivity index (χ1n) is 3.99. The molecule has 0 aliphatic carbocycles. The minimum absolute atomic E-state index is 0.762.